The summed E-state index contributed by atoms with van der Waals surface area (Å²) in [6, 6.07) is 0. The van der Waals surface area contributed by atoms with Crippen LogP contribution in [0.15, 0.2) is 24.8 Å². The molecule has 0 saturated carbocycles. The van der Waals surface area contributed by atoms with Crippen molar-refractivity contribution in [2.45, 2.75) is 6.54 Å². The predicted molar refractivity (Wildman–Crippen MR) is 36.8 cm³/mol. The first-order valence-corrected chi connectivity index (χ1v) is 3.01. The minimum Gasteiger partial charge on any atom is -0.478 e. The Hall–Kier alpha value is -1.65. The quantitative estimate of drug-likeness (QED) is 0.616. The second-order valence-electron chi connectivity index (χ2n) is 1.86. The van der Waals surface area contributed by atoms with E-state index in [1.165, 1.54) is 23.4 Å². The molecule has 0 aliphatic carbocycles. The van der Waals surface area contributed by atoms with Gasteiger partial charge in [0.1, 0.15) is 12.7 Å². The zero-order valence-electron chi connectivity index (χ0n) is 5.71. The number of aliphatic carboxylic acids is 1. The fourth-order valence-electron chi connectivity index (χ4n) is 0.589. The molecular formula is C6H7N3O2. The van der Waals surface area contributed by atoms with Crippen molar-refractivity contribution in [3.63, 3.8) is 0 Å². The topological polar surface area (TPSA) is 68.0 Å². The Morgan fingerprint density at radius 3 is 3.09 bits per heavy atom. The summed E-state index contributed by atoms with van der Waals surface area (Å²) in [7, 11) is 0. The average molecular weight is 153 g/mol. The van der Waals surface area contributed by atoms with Crippen LogP contribution in [0.3, 0.4) is 0 Å². The molecule has 1 rings (SSSR count). The maximum absolute atomic E-state index is 10.00. The Morgan fingerprint density at radius 2 is 2.55 bits per heavy atom. The summed E-state index contributed by atoms with van der Waals surface area (Å²) < 4.78 is 1.53. The van der Waals surface area contributed by atoms with E-state index in [0.29, 0.717) is 6.54 Å². The van der Waals surface area contributed by atoms with Crippen molar-refractivity contribution < 1.29 is 9.90 Å². The van der Waals surface area contributed by atoms with E-state index in [-0.39, 0.29) is 0 Å². The minimum absolute atomic E-state index is 0.437. The van der Waals surface area contributed by atoms with Crippen LogP contribution in [0.4, 0.5) is 0 Å². The summed E-state index contributed by atoms with van der Waals surface area (Å²) >= 11 is 0. The van der Waals surface area contributed by atoms with E-state index in [1.54, 1.807) is 0 Å². The molecule has 0 aliphatic heterocycles. The van der Waals surface area contributed by atoms with Gasteiger partial charge in [-0.2, -0.15) is 5.10 Å². The second kappa shape index (κ2) is 3.50. The van der Waals surface area contributed by atoms with E-state index in [4.69, 9.17) is 5.11 Å². The third kappa shape index (κ3) is 2.61. The standard InChI is InChI=1S/C6H7N3O2/c10-6(11)2-1-3-9-5-7-4-8-9/h1-2,4-5H,3H2,(H,10,11)/b2-1+. The summed E-state index contributed by atoms with van der Waals surface area (Å²) in [4.78, 5) is 13.7. The molecular weight excluding hydrogens is 146 g/mol. The van der Waals surface area contributed by atoms with Gasteiger partial charge in [0, 0.05) is 6.08 Å². The maximum atomic E-state index is 10.00. The zero-order chi connectivity index (χ0) is 8.10. The Labute approximate surface area is 63.0 Å². The third-order valence-electron chi connectivity index (χ3n) is 1.02. The van der Waals surface area contributed by atoms with Crippen LogP contribution in [0, 0.1) is 0 Å². The average Bonchev–Trinajstić information content (AvgIpc) is 2.39. The Balaban J connectivity index is 2.40. The lowest BCUT2D eigenvalue weighted by Crippen LogP contribution is -1.96. The molecule has 1 heterocycles. The van der Waals surface area contributed by atoms with Crippen LogP contribution in [-0.4, -0.2) is 25.8 Å². The largest absolute Gasteiger partial charge is 0.478 e. The van der Waals surface area contributed by atoms with Gasteiger partial charge < -0.3 is 5.11 Å². The fourth-order valence-corrected chi connectivity index (χ4v) is 0.589. The van der Waals surface area contributed by atoms with Crippen molar-refractivity contribution in [3.05, 3.63) is 24.8 Å². The van der Waals surface area contributed by atoms with Gasteiger partial charge in [-0.3, -0.25) is 0 Å². The molecule has 58 valence electrons. The lowest BCUT2D eigenvalue weighted by molar-refractivity contribution is -0.131. The number of rotatable bonds is 3. The summed E-state index contributed by atoms with van der Waals surface area (Å²) in [5.74, 6) is -0.954. The Morgan fingerprint density at radius 1 is 1.73 bits per heavy atom. The number of hydrogen-bond acceptors (Lipinski definition) is 3. The highest BCUT2D eigenvalue weighted by molar-refractivity contribution is 5.79. The van der Waals surface area contributed by atoms with Crippen molar-refractivity contribution >= 4 is 5.97 Å². The van der Waals surface area contributed by atoms with Gasteiger partial charge in [0.2, 0.25) is 0 Å². The first kappa shape index (κ1) is 7.46. The van der Waals surface area contributed by atoms with Crippen molar-refractivity contribution in [1.82, 2.24) is 14.8 Å². The molecule has 0 amide bonds. The zero-order valence-corrected chi connectivity index (χ0v) is 5.71. The molecule has 0 atom stereocenters. The summed E-state index contributed by atoms with van der Waals surface area (Å²) in [5.41, 5.74) is 0. The molecule has 0 aliphatic rings. The van der Waals surface area contributed by atoms with Crippen LogP contribution in [0.1, 0.15) is 0 Å². The normalized spacial score (nSPS) is 10.5. The van der Waals surface area contributed by atoms with Crippen LogP contribution < -0.4 is 0 Å². The lowest BCUT2D eigenvalue weighted by atomic mass is 10.5. The van der Waals surface area contributed by atoms with Crippen LogP contribution in [0.25, 0.3) is 0 Å². The molecule has 0 radical (unpaired) electrons. The van der Waals surface area contributed by atoms with E-state index in [9.17, 15) is 4.79 Å². The number of aromatic nitrogens is 3. The molecule has 0 aromatic carbocycles. The highest BCUT2D eigenvalue weighted by Crippen LogP contribution is 1.81. The lowest BCUT2D eigenvalue weighted by Gasteiger charge is -1.89. The van der Waals surface area contributed by atoms with Crippen LogP contribution in [0.2, 0.25) is 0 Å². The predicted octanol–water partition coefficient (Wildman–Crippen LogP) is -0.0811. The van der Waals surface area contributed by atoms with Gasteiger partial charge in [0.15, 0.2) is 0 Å². The first-order valence-electron chi connectivity index (χ1n) is 3.01. The maximum Gasteiger partial charge on any atom is 0.328 e. The molecule has 0 bridgehead atoms. The van der Waals surface area contributed by atoms with E-state index < -0.39 is 5.97 Å². The molecule has 1 aromatic heterocycles. The van der Waals surface area contributed by atoms with Gasteiger partial charge in [-0.15, -0.1) is 0 Å². The van der Waals surface area contributed by atoms with Crippen LogP contribution in [0.5, 0.6) is 0 Å². The number of carboxylic acids is 1. The van der Waals surface area contributed by atoms with Gasteiger partial charge in [0.25, 0.3) is 0 Å². The van der Waals surface area contributed by atoms with Gasteiger partial charge >= 0.3 is 5.97 Å². The monoisotopic (exact) mass is 153 g/mol. The molecule has 0 fully saturated rings. The second-order valence-corrected chi connectivity index (χ2v) is 1.86. The molecule has 11 heavy (non-hydrogen) atoms. The molecule has 5 heteroatoms. The number of nitrogens with zero attached hydrogens (tertiary/aromatic N) is 3. The summed E-state index contributed by atoms with van der Waals surface area (Å²) in [6.45, 7) is 0.437. The van der Waals surface area contributed by atoms with Crippen molar-refractivity contribution in [1.29, 1.82) is 0 Å². The first-order chi connectivity index (χ1) is 5.29. The van der Waals surface area contributed by atoms with Gasteiger partial charge in [-0.25, -0.2) is 14.5 Å². The van der Waals surface area contributed by atoms with E-state index in [2.05, 4.69) is 10.1 Å². The molecule has 1 N–H and O–H groups in total. The van der Waals surface area contributed by atoms with Crippen LogP contribution >= 0.6 is 0 Å². The number of carboxylic acid groups (broad SMARTS) is 1. The van der Waals surface area contributed by atoms with Gasteiger partial charge in [-0.05, 0) is 0 Å². The highest BCUT2D eigenvalue weighted by atomic mass is 16.4. The Kier molecular flexibility index (Phi) is 2.37. The van der Waals surface area contributed by atoms with E-state index in [1.807, 2.05) is 0 Å². The number of hydrogen-bond donors (Lipinski definition) is 1. The van der Waals surface area contributed by atoms with E-state index in [0.717, 1.165) is 6.08 Å². The molecule has 5 nitrogen and oxygen atoms in total. The van der Waals surface area contributed by atoms with Gasteiger partial charge in [0.05, 0.1) is 6.54 Å². The SMILES string of the molecule is O=C(O)/C=C/Cn1cncn1. The van der Waals surface area contributed by atoms with Crippen molar-refractivity contribution in [2.24, 2.45) is 0 Å². The number of carbonyl (C=O) groups is 1. The van der Waals surface area contributed by atoms with Crippen LogP contribution in [-0.2, 0) is 11.3 Å². The minimum atomic E-state index is -0.954. The van der Waals surface area contributed by atoms with Gasteiger partial charge in [-0.1, -0.05) is 6.08 Å². The summed E-state index contributed by atoms with van der Waals surface area (Å²) in [5, 5.41) is 12.0. The summed E-state index contributed by atoms with van der Waals surface area (Å²) in [6.07, 6.45) is 5.49. The molecule has 0 unspecified atom stereocenters. The van der Waals surface area contributed by atoms with Crippen molar-refractivity contribution in [2.75, 3.05) is 0 Å². The third-order valence-corrected chi connectivity index (χ3v) is 1.02. The molecule has 1 aromatic rings. The smallest absolute Gasteiger partial charge is 0.328 e. The Bertz CT molecular complexity index is 253. The highest BCUT2D eigenvalue weighted by Gasteiger charge is 1.87. The van der Waals surface area contributed by atoms with E-state index >= 15 is 0 Å². The van der Waals surface area contributed by atoms with Crippen molar-refractivity contribution in [3.8, 4) is 0 Å². The molecule has 0 saturated heterocycles. The fraction of sp³-hybridized carbons (Fsp3) is 0.167. The molecule has 0 spiro atoms. The number of allylic oxidation sites excluding steroid dienone is 1.